The van der Waals surface area contributed by atoms with Gasteiger partial charge in [-0.2, -0.15) is 0 Å². The standard InChI is InChI=1S/C83H136O17P2/c1-5-9-13-17-21-25-29-33-36-38-41-44-47-51-55-59-63-67-80(85)93-73-78(99-82(87)69-65-61-57-53-49-43-32-28-24-20-16-12-8-4)75-97-101(89,90)95-71-77(84)72-96-102(91,92)98-76-79(100-83(88)70-66-62-58-54-50-46-40-35-31-27-23-19-15-11-7-3)74-94-81(86)68-64-60-56-52-48-45-42-39-37-34-30-26-22-18-14-10-6-2/h9-10,13-14,16,20-23,25-28,32-37,40-42,44-45,51,55,77-79,84H,5-8,11-12,15,17-19,24,29-31,38-39,43,46-50,52-54,56-76H2,1-4H3,(H,89,90)(H,91,92)/b13-9-,14-10-,20-16-,25-21-,26-22-,27-23-,32-28-,36-33-,37-34-,40-35-,44-41-,45-42-,55-51-. The van der Waals surface area contributed by atoms with Crippen molar-refractivity contribution in [2.45, 2.75) is 303 Å². The maximum atomic E-state index is 13.1. The van der Waals surface area contributed by atoms with Gasteiger partial charge in [-0.3, -0.25) is 37.3 Å². The molecule has 0 radical (unpaired) electrons. The molecule has 3 N–H and O–H groups in total. The molecular weight excluding hydrogens is 1330 g/mol. The smallest absolute Gasteiger partial charge is 0.462 e. The lowest BCUT2D eigenvalue weighted by atomic mass is 10.1. The summed E-state index contributed by atoms with van der Waals surface area (Å²) in [5.41, 5.74) is 0. The van der Waals surface area contributed by atoms with Crippen molar-refractivity contribution in [1.29, 1.82) is 0 Å². The van der Waals surface area contributed by atoms with Crippen molar-refractivity contribution in [2.24, 2.45) is 0 Å². The van der Waals surface area contributed by atoms with E-state index < -0.39 is 97.5 Å². The number of carbonyl (C=O) groups excluding carboxylic acids is 4. The first-order valence-electron chi connectivity index (χ1n) is 38.7. The van der Waals surface area contributed by atoms with Gasteiger partial charge in [0.2, 0.25) is 0 Å². The highest BCUT2D eigenvalue weighted by Gasteiger charge is 2.30. The maximum Gasteiger partial charge on any atom is 0.472 e. The van der Waals surface area contributed by atoms with Crippen LogP contribution in [0.3, 0.4) is 0 Å². The second kappa shape index (κ2) is 74.0. The van der Waals surface area contributed by atoms with Crippen LogP contribution in [0.1, 0.15) is 285 Å². The van der Waals surface area contributed by atoms with E-state index in [0.29, 0.717) is 32.1 Å². The van der Waals surface area contributed by atoms with Crippen molar-refractivity contribution in [3.05, 3.63) is 158 Å². The summed E-state index contributed by atoms with van der Waals surface area (Å²) < 4.78 is 68.4. The largest absolute Gasteiger partial charge is 0.472 e. The van der Waals surface area contributed by atoms with Crippen LogP contribution in [0, 0.1) is 0 Å². The molecule has 19 heteroatoms. The summed E-state index contributed by atoms with van der Waals surface area (Å²) in [7, 11) is -9.99. The number of ether oxygens (including phenoxy) is 4. The van der Waals surface area contributed by atoms with Crippen molar-refractivity contribution in [3.8, 4) is 0 Å². The first-order valence-corrected chi connectivity index (χ1v) is 41.7. The van der Waals surface area contributed by atoms with E-state index >= 15 is 0 Å². The summed E-state index contributed by atoms with van der Waals surface area (Å²) >= 11 is 0. The van der Waals surface area contributed by atoms with Gasteiger partial charge < -0.3 is 33.8 Å². The minimum Gasteiger partial charge on any atom is -0.462 e. The summed E-state index contributed by atoms with van der Waals surface area (Å²) in [4.78, 5) is 72.9. The van der Waals surface area contributed by atoms with Crippen molar-refractivity contribution in [3.63, 3.8) is 0 Å². The van der Waals surface area contributed by atoms with Crippen LogP contribution in [0.4, 0.5) is 0 Å². The molecule has 0 aromatic carbocycles. The molecule has 0 amide bonds. The number of esters is 4. The van der Waals surface area contributed by atoms with Crippen LogP contribution in [0.2, 0.25) is 0 Å². The van der Waals surface area contributed by atoms with Gasteiger partial charge in [-0.15, -0.1) is 0 Å². The Morgan fingerprint density at radius 2 is 0.539 bits per heavy atom. The number of phosphoric acid groups is 2. The molecule has 5 unspecified atom stereocenters. The predicted molar refractivity (Wildman–Crippen MR) is 417 cm³/mol. The first-order chi connectivity index (χ1) is 49.7. The summed E-state index contributed by atoms with van der Waals surface area (Å²) in [5, 5.41) is 10.6. The molecule has 17 nitrogen and oxygen atoms in total. The van der Waals surface area contributed by atoms with Crippen molar-refractivity contribution in [1.82, 2.24) is 0 Å². The Hall–Kier alpha value is -5.32. The van der Waals surface area contributed by atoms with E-state index in [1.165, 1.54) is 19.3 Å². The monoisotopic (exact) mass is 1470 g/mol. The van der Waals surface area contributed by atoms with Gasteiger partial charge in [-0.05, 0) is 161 Å². The highest BCUT2D eigenvalue weighted by atomic mass is 31.2. The predicted octanol–water partition coefficient (Wildman–Crippen LogP) is 22.4. The SMILES string of the molecule is CC/C=C\C/C=C\C/C=C\C/C=C\C/C=C\CCCC(=O)OCC(COP(=O)(O)OCC(O)COP(=O)(O)OCC(COC(=O)CCCCCC/C=C\C/C=C\C/C=C\C/C=C\CC)OC(=O)CCCCCCC/C=C\C/C=C\CCCCC)OC(=O)CCCCCCC/C=C\C/C=C\CCC. The number of rotatable bonds is 71. The zero-order chi connectivity index (χ0) is 74.6. The number of phosphoric ester groups is 2. The minimum absolute atomic E-state index is 0.0607. The van der Waals surface area contributed by atoms with Crippen molar-refractivity contribution in [2.75, 3.05) is 39.6 Å². The lowest BCUT2D eigenvalue weighted by molar-refractivity contribution is -0.161. The third-order valence-electron chi connectivity index (χ3n) is 15.4. The van der Waals surface area contributed by atoms with E-state index in [1.54, 1.807) is 0 Å². The third-order valence-corrected chi connectivity index (χ3v) is 17.3. The second-order valence-electron chi connectivity index (χ2n) is 25.2. The van der Waals surface area contributed by atoms with Gasteiger partial charge in [0.25, 0.3) is 0 Å². The minimum atomic E-state index is -5.00. The molecule has 0 fully saturated rings. The van der Waals surface area contributed by atoms with Crippen molar-refractivity contribution >= 4 is 39.5 Å². The van der Waals surface area contributed by atoms with E-state index in [0.717, 1.165) is 180 Å². The molecule has 0 spiro atoms. The zero-order valence-corrected chi connectivity index (χ0v) is 65.0. The molecule has 0 aromatic rings. The molecule has 0 bridgehead atoms. The molecule has 0 saturated heterocycles. The fraction of sp³-hybridized carbons (Fsp3) is 0.639. The quantitative estimate of drug-likeness (QED) is 0.0169. The summed E-state index contributed by atoms with van der Waals surface area (Å²) in [6.07, 6.45) is 85.2. The normalized spacial score (nSPS) is 14.8. The van der Waals surface area contributed by atoms with Crippen molar-refractivity contribution < 1.29 is 80.2 Å². The van der Waals surface area contributed by atoms with E-state index in [2.05, 4.69) is 174 Å². The molecule has 0 aliphatic heterocycles. The number of hydrogen-bond acceptors (Lipinski definition) is 15. The molecule has 0 heterocycles. The van der Waals surface area contributed by atoms with E-state index in [1.807, 2.05) is 12.2 Å². The van der Waals surface area contributed by atoms with Gasteiger partial charge in [0.1, 0.15) is 19.3 Å². The fourth-order valence-corrected chi connectivity index (χ4v) is 11.2. The Balaban J connectivity index is 5.45. The number of carbonyl (C=O) groups is 4. The van der Waals surface area contributed by atoms with E-state index in [-0.39, 0.29) is 25.7 Å². The number of hydrogen-bond donors (Lipinski definition) is 3. The van der Waals surface area contributed by atoms with Crippen LogP contribution < -0.4 is 0 Å². The Bertz CT molecular complexity index is 2550. The lowest BCUT2D eigenvalue weighted by Crippen LogP contribution is -2.30. The van der Waals surface area contributed by atoms with Gasteiger partial charge in [-0.25, -0.2) is 9.13 Å². The second-order valence-corrected chi connectivity index (χ2v) is 28.1. The molecule has 0 saturated carbocycles. The third kappa shape index (κ3) is 73.0. The zero-order valence-electron chi connectivity index (χ0n) is 63.2. The van der Waals surface area contributed by atoms with Gasteiger partial charge in [0, 0.05) is 25.7 Å². The number of aliphatic hydroxyl groups is 1. The molecule has 5 atom stereocenters. The Morgan fingerprint density at radius 1 is 0.284 bits per heavy atom. The number of unbranched alkanes of at least 4 members (excludes halogenated alkanes) is 19. The van der Waals surface area contributed by atoms with Crippen LogP contribution in [-0.2, 0) is 65.4 Å². The van der Waals surface area contributed by atoms with E-state index in [9.17, 15) is 43.2 Å². The molecule has 102 heavy (non-hydrogen) atoms. The highest BCUT2D eigenvalue weighted by molar-refractivity contribution is 7.47. The average Bonchev–Trinajstić information content (AvgIpc) is 0.908. The Morgan fingerprint density at radius 3 is 0.863 bits per heavy atom. The summed E-state index contributed by atoms with van der Waals surface area (Å²) in [5.74, 6) is -2.31. The van der Waals surface area contributed by atoms with Gasteiger partial charge in [-0.1, -0.05) is 256 Å². The first kappa shape index (κ1) is 96.7. The highest BCUT2D eigenvalue weighted by Crippen LogP contribution is 2.45. The van der Waals surface area contributed by atoms with Gasteiger partial charge >= 0.3 is 39.5 Å². The summed E-state index contributed by atoms with van der Waals surface area (Å²) in [6.45, 7) is 4.41. The molecule has 0 aromatic heterocycles. The number of allylic oxidation sites excluding steroid dienone is 26. The Labute approximate surface area is 617 Å². The van der Waals surface area contributed by atoms with Crippen LogP contribution in [-0.4, -0.2) is 96.7 Å². The molecule has 0 aliphatic carbocycles. The topological polar surface area (TPSA) is 237 Å². The maximum absolute atomic E-state index is 13.1. The molecule has 0 aliphatic rings. The van der Waals surface area contributed by atoms with Crippen LogP contribution >= 0.6 is 15.6 Å². The number of aliphatic hydroxyl groups excluding tert-OH is 1. The van der Waals surface area contributed by atoms with Gasteiger partial charge in [0.05, 0.1) is 26.4 Å². The van der Waals surface area contributed by atoms with E-state index in [4.69, 9.17) is 37.0 Å². The fourth-order valence-electron chi connectivity index (χ4n) is 9.61. The lowest BCUT2D eigenvalue weighted by Gasteiger charge is -2.21. The van der Waals surface area contributed by atoms with Gasteiger partial charge in [0.15, 0.2) is 12.2 Å². The average molecular weight is 1470 g/mol. The molecular formula is C83H136O17P2. The van der Waals surface area contributed by atoms with Crippen LogP contribution in [0.5, 0.6) is 0 Å². The summed E-state index contributed by atoms with van der Waals surface area (Å²) in [6, 6.07) is 0. The van der Waals surface area contributed by atoms with Crippen LogP contribution in [0.15, 0.2) is 158 Å². The molecule has 0 rings (SSSR count). The molecule has 580 valence electrons. The Kier molecular flexibility index (Phi) is 70.1. The van der Waals surface area contributed by atoms with Crippen LogP contribution in [0.25, 0.3) is 0 Å².